The van der Waals surface area contributed by atoms with Crippen LogP contribution in [0.5, 0.6) is 0 Å². The van der Waals surface area contributed by atoms with Crippen LogP contribution in [0.2, 0.25) is 0 Å². The van der Waals surface area contributed by atoms with Crippen LogP contribution >= 0.6 is 22.6 Å². The molecule has 0 fully saturated rings. The molecule has 3 heteroatoms. The minimum absolute atomic E-state index is 0.0376. The summed E-state index contributed by atoms with van der Waals surface area (Å²) in [5.74, 6) is -0.0376. The van der Waals surface area contributed by atoms with E-state index in [0.717, 1.165) is 19.3 Å². The molecule has 12 heavy (non-hydrogen) atoms. The van der Waals surface area contributed by atoms with Gasteiger partial charge in [0.15, 0.2) is 0 Å². The first-order valence-corrected chi connectivity index (χ1v) is 5.92. The average Bonchev–Trinajstić information content (AvgIpc) is 2.09. The predicted octanol–water partition coefficient (Wildman–Crippen LogP) is 3.14. The van der Waals surface area contributed by atoms with Crippen molar-refractivity contribution in [1.29, 1.82) is 0 Å². The third kappa shape index (κ3) is 2.61. The van der Waals surface area contributed by atoms with Crippen molar-refractivity contribution in [3.63, 3.8) is 0 Å². The maximum Gasteiger partial charge on any atom is 0.312 e. The Hall–Kier alpha value is 0.200. The molecule has 2 nitrogen and oxygen atoms in total. The standard InChI is InChI=1S/C9H17IO2/c1-4-9(5-2,6-3)8(11)12-7-10/h4-7H2,1-3H3. The van der Waals surface area contributed by atoms with E-state index in [1.165, 1.54) is 0 Å². The normalized spacial score (nSPS) is 11.3. The second-order valence-electron chi connectivity index (χ2n) is 2.88. The lowest BCUT2D eigenvalue weighted by Crippen LogP contribution is -2.30. The summed E-state index contributed by atoms with van der Waals surface area (Å²) in [6.07, 6.45) is 2.61. The van der Waals surface area contributed by atoms with E-state index in [1.807, 2.05) is 43.4 Å². The van der Waals surface area contributed by atoms with E-state index in [-0.39, 0.29) is 11.4 Å². The second kappa shape index (κ2) is 5.78. The van der Waals surface area contributed by atoms with E-state index in [1.54, 1.807) is 0 Å². The topological polar surface area (TPSA) is 26.3 Å². The van der Waals surface area contributed by atoms with Gasteiger partial charge in [-0.15, -0.1) is 0 Å². The lowest BCUT2D eigenvalue weighted by Gasteiger charge is -2.26. The molecule has 0 aliphatic carbocycles. The number of esters is 1. The molecule has 0 amide bonds. The molecule has 0 spiro atoms. The highest BCUT2D eigenvalue weighted by Crippen LogP contribution is 2.31. The van der Waals surface area contributed by atoms with Gasteiger partial charge in [0.25, 0.3) is 0 Å². The largest absolute Gasteiger partial charge is 0.455 e. The Morgan fingerprint density at radius 1 is 1.25 bits per heavy atom. The molecule has 0 aliphatic heterocycles. The maximum atomic E-state index is 11.5. The van der Waals surface area contributed by atoms with Crippen LogP contribution in [0.3, 0.4) is 0 Å². The molecule has 0 aromatic rings. The molecule has 0 rings (SSSR count). The van der Waals surface area contributed by atoms with Crippen LogP contribution in [0.4, 0.5) is 0 Å². The molecule has 0 aromatic carbocycles. The molecule has 0 aliphatic rings. The fourth-order valence-electron chi connectivity index (χ4n) is 1.39. The Labute approximate surface area is 88.2 Å². The van der Waals surface area contributed by atoms with Crippen LogP contribution in [0.25, 0.3) is 0 Å². The SMILES string of the molecule is CCC(CC)(CC)C(=O)OCI. The zero-order valence-corrected chi connectivity index (χ0v) is 10.2. The molecular formula is C9H17IO2. The van der Waals surface area contributed by atoms with Crippen molar-refractivity contribution < 1.29 is 9.53 Å². The molecule has 0 aromatic heterocycles. The highest BCUT2D eigenvalue weighted by molar-refractivity contribution is 14.1. The van der Waals surface area contributed by atoms with E-state index in [0.29, 0.717) is 4.61 Å². The van der Waals surface area contributed by atoms with E-state index in [2.05, 4.69) is 0 Å². The highest BCUT2D eigenvalue weighted by Gasteiger charge is 2.34. The van der Waals surface area contributed by atoms with Crippen molar-refractivity contribution in [1.82, 2.24) is 0 Å². The zero-order valence-electron chi connectivity index (χ0n) is 8.02. The molecule has 0 unspecified atom stereocenters. The van der Waals surface area contributed by atoms with Crippen molar-refractivity contribution in [3.05, 3.63) is 0 Å². The Morgan fingerprint density at radius 3 is 1.92 bits per heavy atom. The van der Waals surface area contributed by atoms with Crippen molar-refractivity contribution in [2.75, 3.05) is 4.61 Å². The predicted molar refractivity (Wildman–Crippen MR) is 58.3 cm³/mol. The lowest BCUT2D eigenvalue weighted by molar-refractivity contribution is -0.154. The fourth-order valence-corrected chi connectivity index (χ4v) is 1.67. The van der Waals surface area contributed by atoms with Crippen LogP contribution in [0.1, 0.15) is 40.0 Å². The number of alkyl halides is 1. The van der Waals surface area contributed by atoms with Crippen LogP contribution in [-0.4, -0.2) is 10.6 Å². The van der Waals surface area contributed by atoms with Gasteiger partial charge in [-0.05, 0) is 41.9 Å². The molecule has 0 radical (unpaired) electrons. The van der Waals surface area contributed by atoms with Gasteiger partial charge in [0.2, 0.25) is 0 Å². The van der Waals surface area contributed by atoms with E-state index in [4.69, 9.17) is 4.74 Å². The van der Waals surface area contributed by atoms with E-state index < -0.39 is 0 Å². The molecule has 0 N–H and O–H groups in total. The first kappa shape index (κ1) is 12.2. The van der Waals surface area contributed by atoms with Gasteiger partial charge in [-0.25, -0.2) is 0 Å². The molecule has 0 atom stereocenters. The van der Waals surface area contributed by atoms with Gasteiger partial charge in [-0.3, -0.25) is 4.79 Å². The summed E-state index contributed by atoms with van der Waals surface area (Å²) in [6, 6.07) is 0. The lowest BCUT2D eigenvalue weighted by atomic mass is 9.80. The summed E-state index contributed by atoms with van der Waals surface area (Å²) in [5.41, 5.74) is -0.231. The summed E-state index contributed by atoms with van der Waals surface area (Å²) in [5, 5.41) is 0. The molecule has 0 bridgehead atoms. The molecule has 0 saturated carbocycles. The second-order valence-corrected chi connectivity index (χ2v) is 3.50. The molecule has 0 heterocycles. The molecule has 0 saturated heterocycles. The van der Waals surface area contributed by atoms with Crippen molar-refractivity contribution in [2.45, 2.75) is 40.0 Å². The van der Waals surface area contributed by atoms with Gasteiger partial charge in [0.1, 0.15) is 4.61 Å². The van der Waals surface area contributed by atoms with Gasteiger partial charge in [0.05, 0.1) is 5.41 Å². The number of hydrogen-bond donors (Lipinski definition) is 0. The fraction of sp³-hybridized carbons (Fsp3) is 0.889. The smallest absolute Gasteiger partial charge is 0.312 e. The number of halogens is 1. The quantitative estimate of drug-likeness (QED) is 0.440. The zero-order chi connectivity index (χ0) is 9.61. The number of rotatable bonds is 5. The minimum atomic E-state index is -0.231. The van der Waals surface area contributed by atoms with E-state index >= 15 is 0 Å². The van der Waals surface area contributed by atoms with Crippen molar-refractivity contribution in [2.24, 2.45) is 5.41 Å². The van der Waals surface area contributed by atoms with E-state index in [9.17, 15) is 4.79 Å². The molecular weight excluding hydrogens is 267 g/mol. The summed E-state index contributed by atoms with van der Waals surface area (Å²) >= 11 is 2.05. The van der Waals surface area contributed by atoms with Gasteiger partial charge < -0.3 is 4.74 Å². The Bertz CT molecular complexity index is 133. The van der Waals surface area contributed by atoms with Crippen LogP contribution in [0.15, 0.2) is 0 Å². The van der Waals surface area contributed by atoms with Gasteiger partial charge in [-0.2, -0.15) is 0 Å². The van der Waals surface area contributed by atoms with Crippen LogP contribution in [0, 0.1) is 5.41 Å². The Morgan fingerprint density at radius 2 is 1.67 bits per heavy atom. The average molecular weight is 284 g/mol. The summed E-state index contributed by atoms with van der Waals surface area (Å²) < 4.78 is 5.48. The first-order valence-electron chi connectivity index (χ1n) is 4.40. The minimum Gasteiger partial charge on any atom is -0.455 e. The van der Waals surface area contributed by atoms with Gasteiger partial charge in [0, 0.05) is 0 Å². The Kier molecular flexibility index (Phi) is 5.88. The third-order valence-electron chi connectivity index (χ3n) is 2.65. The maximum absolute atomic E-state index is 11.5. The Balaban J connectivity index is 4.36. The first-order chi connectivity index (χ1) is 5.66. The highest BCUT2D eigenvalue weighted by atomic mass is 127. The van der Waals surface area contributed by atoms with Gasteiger partial charge >= 0.3 is 5.97 Å². The third-order valence-corrected chi connectivity index (χ3v) is 2.96. The monoisotopic (exact) mass is 284 g/mol. The summed E-state index contributed by atoms with van der Waals surface area (Å²) in [7, 11) is 0. The number of hydrogen-bond acceptors (Lipinski definition) is 2. The summed E-state index contributed by atoms with van der Waals surface area (Å²) in [6.45, 7) is 6.13. The van der Waals surface area contributed by atoms with Crippen molar-refractivity contribution in [3.8, 4) is 0 Å². The number of ether oxygens (including phenoxy) is 1. The summed E-state index contributed by atoms with van der Waals surface area (Å²) in [4.78, 5) is 11.5. The van der Waals surface area contributed by atoms with Crippen LogP contribution in [-0.2, 0) is 9.53 Å². The molecule has 72 valence electrons. The van der Waals surface area contributed by atoms with Crippen LogP contribution < -0.4 is 0 Å². The van der Waals surface area contributed by atoms with Gasteiger partial charge in [-0.1, -0.05) is 20.8 Å². The number of carbonyl (C=O) groups is 1. The number of carbonyl (C=O) groups excluding carboxylic acids is 1. The van der Waals surface area contributed by atoms with Crippen molar-refractivity contribution >= 4 is 28.6 Å².